The van der Waals surface area contributed by atoms with E-state index in [4.69, 9.17) is 28.9 Å². The lowest BCUT2D eigenvalue weighted by Crippen LogP contribution is -2.06. The van der Waals surface area contributed by atoms with Gasteiger partial charge in [-0.25, -0.2) is 4.39 Å². The lowest BCUT2D eigenvalue weighted by molar-refractivity contribution is -0.136. The Kier molecular flexibility index (Phi) is 3.59. The molecule has 2 N–H and O–H groups in total. The second kappa shape index (κ2) is 5.27. The molecule has 2 heterocycles. The van der Waals surface area contributed by atoms with Gasteiger partial charge in [-0.05, 0) is 42.4 Å². The number of carbonyl (C=O) groups is 1. The van der Waals surface area contributed by atoms with E-state index in [1.54, 1.807) is 6.07 Å². The summed E-state index contributed by atoms with van der Waals surface area (Å²) in [6, 6.07) is 4.49. The molecule has 0 saturated heterocycles. The van der Waals surface area contributed by atoms with E-state index in [0.29, 0.717) is 34.0 Å². The number of carboxylic acid groups (broad SMARTS) is 1. The van der Waals surface area contributed by atoms with E-state index >= 15 is 0 Å². The molecule has 7 heteroatoms. The first kappa shape index (κ1) is 14.3. The highest BCUT2D eigenvalue weighted by atomic mass is 35.5. The average Bonchev–Trinajstić information content (AvgIpc) is 2.95. The number of H-pyrrole nitrogens is 1. The minimum absolute atomic E-state index is 0.0810. The number of imidazole rings is 1. The van der Waals surface area contributed by atoms with Gasteiger partial charge in [0.05, 0.1) is 6.42 Å². The number of halogens is 2. The van der Waals surface area contributed by atoms with Gasteiger partial charge in [0.1, 0.15) is 5.82 Å². The number of hydrogen-bond donors (Lipinski definition) is 2. The summed E-state index contributed by atoms with van der Waals surface area (Å²) in [6.07, 6.45) is 0.434. The van der Waals surface area contributed by atoms with Crippen molar-refractivity contribution in [2.45, 2.75) is 25.3 Å². The Balaban J connectivity index is 1.96. The zero-order chi connectivity index (χ0) is 15.1. The summed E-state index contributed by atoms with van der Waals surface area (Å²) >= 11 is 11.1. The van der Waals surface area contributed by atoms with Crippen molar-refractivity contribution in [1.29, 1.82) is 0 Å². The number of carboxylic acids is 1. The molecule has 21 heavy (non-hydrogen) atoms. The van der Waals surface area contributed by atoms with Gasteiger partial charge in [-0.2, -0.15) is 0 Å². The Bertz CT molecular complexity index is 784. The Morgan fingerprint density at radius 2 is 2.33 bits per heavy atom. The lowest BCUT2D eigenvalue weighted by Gasteiger charge is -2.11. The Morgan fingerprint density at radius 1 is 1.57 bits per heavy atom. The molecule has 0 spiro atoms. The predicted molar refractivity (Wildman–Crippen MR) is 78.8 cm³/mol. The maximum Gasteiger partial charge on any atom is 0.309 e. The van der Waals surface area contributed by atoms with E-state index < -0.39 is 5.97 Å². The number of nitrogens with zero attached hydrogens (tertiary/aromatic N) is 1. The molecule has 1 atom stereocenters. The van der Waals surface area contributed by atoms with Crippen molar-refractivity contribution < 1.29 is 14.3 Å². The maximum atomic E-state index is 14.0. The number of aliphatic carboxylic acids is 1. The predicted octanol–water partition coefficient (Wildman–Crippen LogP) is 3.31. The molecular weight excluding hydrogens is 315 g/mol. The number of nitrogens with one attached hydrogen (secondary N) is 1. The first-order chi connectivity index (χ1) is 9.95. The topological polar surface area (TPSA) is 58.0 Å². The molecule has 0 fully saturated rings. The molecule has 4 nitrogen and oxygen atoms in total. The number of fused-ring (bicyclic) bond motifs is 1. The van der Waals surface area contributed by atoms with Crippen LogP contribution in [0.15, 0.2) is 18.2 Å². The second-order valence-electron chi connectivity index (χ2n) is 5.10. The molecule has 0 saturated carbocycles. The molecular formula is C14H12ClFN2O2S. The third-order valence-corrected chi connectivity index (χ3v) is 4.30. The standard InChI is InChI=1S/C14H12ClFN2O2S/c15-8-1-2-10(16)9(4-8)7-3-12-11(5-13(19)20)17-14(21)18(12)6-7/h1-2,4,7H,3,5-6H2,(H,17,21)(H,19,20). The Morgan fingerprint density at radius 3 is 3.05 bits per heavy atom. The van der Waals surface area contributed by atoms with Crippen molar-refractivity contribution in [3.63, 3.8) is 0 Å². The van der Waals surface area contributed by atoms with E-state index in [9.17, 15) is 9.18 Å². The first-order valence-electron chi connectivity index (χ1n) is 6.43. The Labute approximate surface area is 130 Å². The monoisotopic (exact) mass is 326 g/mol. The number of aromatic nitrogens is 2. The van der Waals surface area contributed by atoms with Crippen LogP contribution in [0.25, 0.3) is 0 Å². The van der Waals surface area contributed by atoms with Crippen LogP contribution in [-0.4, -0.2) is 20.6 Å². The SMILES string of the molecule is O=C(O)Cc1[nH]c(=S)n2c1CC(c1cc(Cl)ccc1F)C2. The highest BCUT2D eigenvalue weighted by molar-refractivity contribution is 7.71. The summed E-state index contributed by atoms with van der Waals surface area (Å²) in [6.45, 7) is 0.529. The fourth-order valence-corrected chi connectivity index (χ4v) is 3.32. The number of aromatic amines is 1. The van der Waals surface area contributed by atoms with Gasteiger partial charge in [-0.15, -0.1) is 0 Å². The highest BCUT2D eigenvalue weighted by Crippen LogP contribution is 2.34. The number of benzene rings is 1. The molecule has 1 aromatic heterocycles. The fourth-order valence-electron chi connectivity index (χ4n) is 2.83. The first-order valence-corrected chi connectivity index (χ1v) is 7.21. The van der Waals surface area contributed by atoms with Crippen molar-refractivity contribution in [1.82, 2.24) is 9.55 Å². The van der Waals surface area contributed by atoms with Gasteiger partial charge < -0.3 is 14.7 Å². The van der Waals surface area contributed by atoms with Crippen LogP contribution in [0.4, 0.5) is 4.39 Å². The molecule has 3 rings (SSSR count). The zero-order valence-electron chi connectivity index (χ0n) is 10.9. The molecule has 1 aliphatic rings. The third kappa shape index (κ3) is 2.61. The third-order valence-electron chi connectivity index (χ3n) is 3.75. The summed E-state index contributed by atoms with van der Waals surface area (Å²) in [5, 5.41) is 9.42. The van der Waals surface area contributed by atoms with Gasteiger partial charge in [-0.1, -0.05) is 11.6 Å². The van der Waals surface area contributed by atoms with Gasteiger partial charge in [0, 0.05) is 28.9 Å². The van der Waals surface area contributed by atoms with Crippen molar-refractivity contribution in [3.8, 4) is 0 Å². The second-order valence-corrected chi connectivity index (χ2v) is 5.93. The van der Waals surface area contributed by atoms with Crippen molar-refractivity contribution >= 4 is 29.8 Å². The maximum absolute atomic E-state index is 14.0. The molecule has 0 aliphatic carbocycles. The van der Waals surface area contributed by atoms with Gasteiger partial charge >= 0.3 is 5.97 Å². The molecule has 110 valence electrons. The highest BCUT2D eigenvalue weighted by Gasteiger charge is 2.29. The summed E-state index contributed by atoms with van der Waals surface area (Å²) in [5.41, 5.74) is 1.98. The van der Waals surface area contributed by atoms with Gasteiger partial charge in [0.25, 0.3) is 0 Å². The lowest BCUT2D eigenvalue weighted by atomic mass is 9.96. The summed E-state index contributed by atoms with van der Waals surface area (Å²) in [5.74, 6) is -1.31. The summed E-state index contributed by atoms with van der Waals surface area (Å²) < 4.78 is 16.3. The summed E-state index contributed by atoms with van der Waals surface area (Å²) in [7, 11) is 0. The van der Waals surface area contributed by atoms with Crippen molar-refractivity contribution in [3.05, 3.63) is 50.8 Å². The normalized spacial score (nSPS) is 17.0. The van der Waals surface area contributed by atoms with Crippen LogP contribution in [-0.2, 0) is 24.2 Å². The molecule has 0 bridgehead atoms. The average molecular weight is 327 g/mol. The smallest absolute Gasteiger partial charge is 0.309 e. The molecule has 0 radical (unpaired) electrons. The van der Waals surface area contributed by atoms with E-state index in [1.807, 2.05) is 4.57 Å². The largest absolute Gasteiger partial charge is 0.481 e. The van der Waals surface area contributed by atoms with E-state index in [2.05, 4.69) is 4.98 Å². The van der Waals surface area contributed by atoms with Crippen molar-refractivity contribution in [2.75, 3.05) is 0 Å². The quantitative estimate of drug-likeness (QED) is 0.851. The van der Waals surface area contributed by atoms with Crippen molar-refractivity contribution in [2.24, 2.45) is 0 Å². The molecule has 1 aliphatic heterocycles. The van der Waals surface area contributed by atoms with Crippen LogP contribution in [0.2, 0.25) is 5.02 Å². The van der Waals surface area contributed by atoms with Crippen LogP contribution in [0.3, 0.4) is 0 Å². The van der Waals surface area contributed by atoms with Crippen LogP contribution in [0, 0.1) is 10.6 Å². The van der Waals surface area contributed by atoms with Crippen LogP contribution in [0.1, 0.15) is 22.9 Å². The molecule has 1 aromatic carbocycles. The number of hydrogen-bond acceptors (Lipinski definition) is 2. The minimum Gasteiger partial charge on any atom is -0.481 e. The van der Waals surface area contributed by atoms with Crippen LogP contribution >= 0.6 is 23.8 Å². The Hall–Kier alpha value is -1.66. The minimum atomic E-state index is -0.924. The van der Waals surface area contributed by atoms with Crippen LogP contribution < -0.4 is 0 Å². The van der Waals surface area contributed by atoms with E-state index in [0.717, 1.165) is 5.69 Å². The van der Waals surface area contributed by atoms with Gasteiger partial charge in [-0.3, -0.25) is 4.79 Å². The van der Waals surface area contributed by atoms with E-state index in [1.165, 1.54) is 12.1 Å². The fraction of sp³-hybridized carbons (Fsp3) is 0.286. The van der Waals surface area contributed by atoms with Gasteiger partial charge in [0.15, 0.2) is 4.77 Å². The number of rotatable bonds is 3. The zero-order valence-corrected chi connectivity index (χ0v) is 12.5. The summed E-state index contributed by atoms with van der Waals surface area (Å²) in [4.78, 5) is 13.8. The van der Waals surface area contributed by atoms with E-state index in [-0.39, 0.29) is 18.2 Å². The van der Waals surface area contributed by atoms with Crippen LogP contribution in [0.5, 0.6) is 0 Å². The molecule has 1 unspecified atom stereocenters. The molecule has 0 amide bonds. The van der Waals surface area contributed by atoms with Gasteiger partial charge in [0.2, 0.25) is 0 Å². The molecule has 2 aromatic rings.